The van der Waals surface area contributed by atoms with Crippen molar-refractivity contribution in [3.63, 3.8) is 0 Å². The quantitative estimate of drug-likeness (QED) is 0.707. The highest BCUT2D eigenvalue weighted by Gasteiger charge is 2.41. The van der Waals surface area contributed by atoms with Gasteiger partial charge in [-0.3, -0.25) is 9.67 Å². The molecule has 4 nitrogen and oxygen atoms in total. The van der Waals surface area contributed by atoms with Gasteiger partial charge in [-0.15, -0.1) is 0 Å². The third kappa shape index (κ3) is 2.63. The summed E-state index contributed by atoms with van der Waals surface area (Å²) in [6.07, 6.45) is -3.39. The van der Waals surface area contributed by atoms with Gasteiger partial charge in [-0.05, 0) is 24.6 Å². The Morgan fingerprint density at radius 2 is 1.88 bits per heavy atom. The number of imidazole rings is 1. The highest BCUT2D eigenvalue weighted by atomic mass is 19.4. The number of hydrogen-bond acceptors (Lipinski definition) is 2. The molecule has 0 radical (unpaired) electrons. The Hall–Kier alpha value is -2.45. The van der Waals surface area contributed by atoms with Crippen LogP contribution in [-0.4, -0.2) is 19.7 Å². The summed E-state index contributed by atoms with van der Waals surface area (Å²) < 4.78 is 67.8. The number of hydrogen-bond donors (Lipinski definition) is 1. The number of alkyl halides is 5. The lowest BCUT2D eigenvalue weighted by molar-refractivity contribution is -0.141. The second-order valence-corrected chi connectivity index (χ2v) is 5.47. The minimum atomic E-state index is -4.81. The minimum Gasteiger partial charge on any atom is -0.298 e. The lowest BCUT2D eigenvalue weighted by atomic mass is 10.1. The molecule has 0 atom stereocenters. The topological polar surface area (TPSA) is 46.5 Å². The summed E-state index contributed by atoms with van der Waals surface area (Å²) in [5, 5.41) is 7.21. The fraction of sp³-hybridized carbons (Fsp3) is 0.333. The number of aryl methyl sites for hydroxylation is 1. The highest BCUT2D eigenvalue weighted by molar-refractivity contribution is 5.83. The normalized spacial score (nSPS) is 13.0. The van der Waals surface area contributed by atoms with E-state index in [2.05, 4.69) is 15.2 Å². The molecule has 0 aliphatic heterocycles. The van der Waals surface area contributed by atoms with Crippen molar-refractivity contribution in [1.82, 2.24) is 19.7 Å². The average molecular weight is 344 g/mol. The van der Waals surface area contributed by atoms with E-state index < -0.39 is 30.0 Å². The Kier molecular flexibility index (Phi) is 3.61. The molecular formula is C15H13F5N4. The number of benzene rings is 1. The van der Waals surface area contributed by atoms with Crippen LogP contribution in [0, 0.1) is 6.92 Å². The smallest absolute Gasteiger partial charge is 0.298 e. The lowest BCUT2D eigenvalue weighted by Gasteiger charge is -2.16. The number of H-pyrrole nitrogens is 1. The molecular weight excluding hydrogens is 331 g/mol. The molecule has 0 saturated heterocycles. The number of fused-ring (bicyclic) bond motifs is 1. The van der Waals surface area contributed by atoms with Gasteiger partial charge in [-0.1, -0.05) is 6.92 Å². The molecule has 9 heteroatoms. The SMILES string of the molecule is CCC(F)(F)c1nc(C(F)(F)F)cn1-c1cc(C)c2[nH]ncc2c1. The monoisotopic (exact) mass is 344 g/mol. The van der Waals surface area contributed by atoms with E-state index in [1.807, 2.05) is 0 Å². The lowest BCUT2D eigenvalue weighted by Crippen LogP contribution is -2.18. The first kappa shape index (κ1) is 16.4. The van der Waals surface area contributed by atoms with Crippen molar-refractivity contribution >= 4 is 10.9 Å². The Morgan fingerprint density at radius 1 is 1.17 bits per heavy atom. The number of rotatable bonds is 3. The zero-order valence-electron chi connectivity index (χ0n) is 12.7. The van der Waals surface area contributed by atoms with E-state index in [1.165, 1.54) is 25.3 Å². The van der Waals surface area contributed by atoms with Crippen molar-refractivity contribution < 1.29 is 22.0 Å². The zero-order valence-corrected chi connectivity index (χ0v) is 12.7. The van der Waals surface area contributed by atoms with Crippen molar-refractivity contribution in [1.29, 1.82) is 0 Å². The summed E-state index contributed by atoms with van der Waals surface area (Å²) in [6.45, 7) is 2.90. The van der Waals surface area contributed by atoms with Crippen molar-refractivity contribution in [2.24, 2.45) is 0 Å². The molecule has 3 aromatic rings. The van der Waals surface area contributed by atoms with Gasteiger partial charge in [0.25, 0.3) is 0 Å². The number of aromatic nitrogens is 4. The van der Waals surface area contributed by atoms with Crippen molar-refractivity contribution in [3.05, 3.63) is 41.6 Å². The highest BCUT2D eigenvalue weighted by Crippen LogP contribution is 2.37. The van der Waals surface area contributed by atoms with E-state index in [0.717, 1.165) is 4.57 Å². The van der Waals surface area contributed by atoms with E-state index in [0.29, 0.717) is 22.7 Å². The van der Waals surface area contributed by atoms with Gasteiger partial charge in [0, 0.05) is 23.7 Å². The van der Waals surface area contributed by atoms with Gasteiger partial charge in [0.2, 0.25) is 0 Å². The third-order valence-corrected chi connectivity index (χ3v) is 3.78. The molecule has 24 heavy (non-hydrogen) atoms. The second kappa shape index (κ2) is 5.29. The largest absolute Gasteiger partial charge is 0.434 e. The Bertz CT molecular complexity index is 891. The zero-order chi connectivity index (χ0) is 17.7. The van der Waals surface area contributed by atoms with Crippen LogP contribution in [0.2, 0.25) is 0 Å². The molecule has 0 spiro atoms. The minimum absolute atomic E-state index is 0.174. The summed E-state index contributed by atoms with van der Waals surface area (Å²) in [5.41, 5.74) is 0.190. The van der Waals surface area contributed by atoms with E-state index in [4.69, 9.17) is 0 Å². The van der Waals surface area contributed by atoms with Crippen LogP contribution in [0.25, 0.3) is 16.6 Å². The predicted molar refractivity (Wildman–Crippen MR) is 77.1 cm³/mol. The first-order valence-corrected chi connectivity index (χ1v) is 7.12. The molecule has 2 heterocycles. The molecule has 0 unspecified atom stereocenters. The molecule has 0 bridgehead atoms. The van der Waals surface area contributed by atoms with Gasteiger partial charge in [0.05, 0.1) is 11.7 Å². The van der Waals surface area contributed by atoms with Gasteiger partial charge in [0.1, 0.15) is 0 Å². The fourth-order valence-corrected chi connectivity index (χ4v) is 2.48. The maximum atomic E-state index is 14.1. The summed E-state index contributed by atoms with van der Waals surface area (Å²) in [5.74, 6) is -4.41. The van der Waals surface area contributed by atoms with Crippen LogP contribution in [-0.2, 0) is 12.1 Å². The van der Waals surface area contributed by atoms with Gasteiger partial charge >= 0.3 is 12.1 Å². The van der Waals surface area contributed by atoms with E-state index in [-0.39, 0.29) is 5.69 Å². The van der Waals surface area contributed by atoms with Crippen LogP contribution in [0.5, 0.6) is 0 Å². The van der Waals surface area contributed by atoms with Crippen LogP contribution >= 0.6 is 0 Å². The molecule has 3 rings (SSSR count). The van der Waals surface area contributed by atoms with Crippen molar-refractivity contribution in [2.45, 2.75) is 32.4 Å². The summed E-state index contributed by atoms with van der Waals surface area (Å²) >= 11 is 0. The average Bonchev–Trinajstić information content (AvgIpc) is 3.13. The van der Waals surface area contributed by atoms with Gasteiger partial charge < -0.3 is 0 Å². The number of halogens is 5. The molecule has 0 amide bonds. The Morgan fingerprint density at radius 3 is 2.50 bits per heavy atom. The van der Waals surface area contributed by atoms with Crippen molar-refractivity contribution in [3.8, 4) is 5.69 Å². The van der Waals surface area contributed by atoms with Gasteiger partial charge in [-0.2, -0.15) is 27.1 Å². The third-order valence-electron chi connectivity index (χ3n) is 3.78. The summed E-state index contributed by atoms with van der Waals surface area (Å²) in [6, 6.07) is 3.00. The number of nitrogens with zero attached hydrogens (tertiary/aromatic N) is 3. The number of nitrogens with one attached hydrogen (secondary N) is 1. The van der Waals surface area contributed by atoms with E-state index in [1.54, 1.807) is 6.92 Å². The van der Waals surface area contributed by atoms with Crippen LogP contribution < -0.4 is 0 Å². The molecule has 128 valence electrons. The van der Waals surface area contributed by atoms with Crippen LogP contribution in [0.1, 0.15) is 30.4 Å². The molecule has 0 fully saturated rings. The Labute approximate surface area is 133 Å². The van der Waals surface area contributed by atoms with E-state index >= 15 is 0 Å². The standard InChI is InChI=1S/C15H13F5N4/c1-3-14(16,17)13-22-11(15(18,19)20)7-24(13)10-4-8(2)12-9(5-10)6-21-23-12/h4-7H,3H2,1-2H3,(H,21,23). The fourth-order valence-electron chi connectivity index (χ4n) is 2.48. The Balaban J connectivity index is 2.26. The molecule has 0 aliphatic carbocycles. The summed E-state index contributed by atoms with van der Waals surface area (Å²) in [7, 11) is 0. The molecule has 1 aromatic carbocycles. The maximum Gasteiger partial charge on any atom is 0.434 e. The van der Waals surface area contributed by atoms with Crippen molar-refractivity contribution in [2.75, 3.05) is 0 Å². The van der Waals surface area contributed by atoms with Crippen LogP contribution in [0.3, 0.4) is 0 Å². The summed E-state index contributed by atoms with van der Waals surface area (Å²) in [4.78, 5) is 3.16. The molecule has 2 aromatic heterocycles. The molecule has 0 saturated carbocycles. The number of aromatic amines is 1. The maximum absolute atomic E-state index is 14.1. The first-order valence-electron chi connectivity index (χ1n) is 7.12. The molecule has 1 N–H and O–H groups in total. The van der Waals surface area contributed by atoms with Crippen LogP contribution in [0.4, 0.5) is 22.0 Å². The van der Waals surface area contributed by atoms with Crippen LogP contribution in [0.15, 0.2) is 24.5 Å². The first-order chi connectivity index (χ1) is 11.1. The second-order valence-electron chi connectivity index (χ2n) is 5.47. The predicted octanol–water partition coefficient (Wildman–Crippen LogP) is 4.58. The van der Waals surface area contributed by atoms with Gasteiger partial charge in [0.15, 0.2) is 11.5 Å². The van der Waals surface area contributed by atoms with Gasteiger partial charge in [-0.25, -0.2) is 4.98 Å². The molecule has 0 aliphatic rings. The van der Waals surface area contributed by atoms with E-state index in [9.17, 15) is 22.0 Å².